The minimum Gasteiger partial charge on any atom is -0.358 e. The molecule has 2 aromatic heterocycles. The van der Waals surface area contributed by atoms with Crippen molar-refractivity contribution in [1.29, 1.82) is 0 Å². The molecule has 1 amide bonds. The number of hydrogen-bond donors (Lipinski definition) is 3. The van der Waals surface area contributed by atoms with Gasteiger partial charge in [0.1, 0.15) is 5.69 Å². The molecule has 0 saturated heterocycles. The second-order valence-corrected chi connectivity index (χ2v) is 6.63. The molecule has 3 aromatic rings. The summed E-state index contributed by atoms with van der Waals surface area (Å²) in [5.74, 6) is -0.632. The van der Waals surface area contributed by atoms with E-state index in [2.05, 4.69) is 10.3 Å². The van der Waals surface area contributed by atoms with Crippen LogP contribution in [-0.4, -0.2) is 15.9 Å². The minimum atomic E-state index is -4.62. The Kier molecular flexibility index (Phi) is 4.05. The number of H-pyrrole nitrogens is 2. The van der Waals surface area contributed by atoms with E-state index in [0.29, 0.717) is 12.3 Å². The maximum absolute atomic E-state index is 12.8. The third-order valence-corrected chi connectivity index (χ3v) is 4.84. The molecule has 140 valence electrons. The molecule has 0 aliphatic heterocycles. The lowest BCUT2D eigenvalue weighted by molar-refractivity contribution is -0.137. The highest BCUT2D eigenvalue weighted by atomic mass is 19.4. The van der Waals surface area contributed by atoms with Gasteiger partial charge in [-0.25, -0.2) is 0 Å². The lowest BCUT2D eigenvalue weighted by Crippen LogP contribution is -2.21. The van der Waals surface area contributed by atoms with Crippen LogP contribution < -0.4 is 10.9 Å². The van der Waals surface area contributed by atoms with Crippen molar-refractivity contribution in [2.75, 3.05) is 5.32 Å². The normalized spacial score (nSPS) is 14.2. The van der Waals surface area contributed by atoms with Gasteiger partial charge >= 0.3 is 6.18 Å². The van der Waals surface area contributed by atoms with Crippen LogP contribution >= 0.6 is 0 Å². The van der Waals surface area contributed by atoms with Crippen LogP contribution in [0.5, 0.6) is 0 Å². The van der Waals surface area contributed by atoms with Crippen LogP contribution in [0.1, 0.15) is 40.0 Å². The molecule has 5 nitrogen and oxygen atoms in total. The van der Waals surface area contributed by atoms with Gasteiger partial charge < -0.3 is 15.3 Å². The van der Waals surface area contributed by atoms with E-state index in [1.807, 2.05) is 4.98 Å². The number of hydrogen-bond acceptors (Lipinski definition) is 2. The van der Waals surface area contributed by atoms with Crippen molar-refractivity contribution >= 4 is 22.5 Å². The fourth-order valence-corrected chi connectivity index (χ4v) is 3.48. The first-order valence-corrected chi connectivity index (χ1v) is 8.58. The molecule has 0 atom stereocenters. The number of benzene rings is 1. The van der Waals surface area contributed by atoms with E-state index in [0.717, 1.165) is 36.6 Å². The van der Waals surface area contributed by atoms with Crippen molar-refractivity contribution in [2.45, 2.75) is 31.9 Å². The molecule has 0 saturated carbocycles. The van der Waals surface area contributed by atoms with Gasteiger partial charge in [-0.1, -0.05) is 0 Å². The minimum absolute atomic E-state index is 0.284. The van der Waals surface area contributed by atoms with Crippen LogP contribution in [0.3, 0.4) is 0 Å². The van der Waals surface area contributed by atoms with Crippen molar-refractivity contribution in [3.63, 3.8) is 0 Å². The van der Waals surface area contributed by atoms with Gasteiger partial charge in [0, 0.05) is 28.4 Å². The Labute approximate surface area is 151 Å². The van der Waals surface area contributed by atoms with Crippen LogP contribution in [0.25, 0.3) is 10.9 Å². The summed E-state index contributed by atoms with van der Waals surface area (Å²) in [5.41, 5.74) is 1.29. The fraction of sp³-hybridized carbons (Fsp3) is 0.263. The van der Waals surface area contributed by atoms with Crippen LogP contribution in [0.2, 0.25) is 0 Å². The number of nitrogens with one attached hydrogen (secondary N) is 3. The molecular weight excluding hydrogens is 359 g/mol. The Hall–Kier alpha value is -3.03. The van der Waals surface area contributed by atoms with E-state index in [1.165, 1.54) is 11.3 Å². The highest BCUT2D eigenvalue weighted by Gasteiger charge is 2.31. The zero-order valence-corrected chi connectivity index (χ0v) is 14.2. The summed E-state index contributed by atoms with van der Waals surface area (Å²) in [5, 5.41) is 3.22. The number of rotatable bonds is 2. The number of aromatic amines is 2. The zero-order chi connectivity index (χ0) is 19.2. The molecule has 0 bridgehead atoms. The molecule has 8 heteroatoms. The number of aryl methyl sites for hydroxylation is 2. The van der Waals surface area contributed by atoms with E-state index in [9.17, 15) is 22.8 Å². The molecule has 0 unspecified atom stereocenters. The number of anilines is 1. The lowest BCUT2D eigenvalue weighted by atomic mass is 9.95. The Morgan fingerprint density at radius 1 is 1.11 bits per heavy atom. The van der Waals surface area contributed by atoms with Crippen LogP contribution in [0.15, 0.2) is 35.3 Å². The summed E-state index contributed by atoms with van der Waals surface area (Å²) in [6.45, 7) is 0. The Morgan fingerprint density at radius 3 is 2.67 bits per heavy atom. The molecular formula is C19H16F3N3O2. The third kappa shape index (κ3) is 3.22. The summed E-state index contributed by atoms with van der Waals surface area (Å²) in [6.07, 6.45) is 0.0449. The van der Waals surface area contributed by atoms with Crippen LogP contribution in [0, 0.1) is 0 Å². The molecule has 1 aromatic carbocycles. The van der Waals surface area contributed by atoms with Crippen molar-refractivity contribution < 1.29 is 18.0 Å². The number of carbonyl (C=O) groups is 1. The van der Waals surface area contributed by atoms with Crippen molar-refractivity contribution in [2.24, 2.45) is 0 Å². The molecule has 0 radical (unpaired) electrons. The predicted octanol–water partition coefficient (Wildman–Crippen LogP) is 4.01. The molecule has 3 N–H and O–H groups in total. The lowest BCUT2D eigenvalue weighted by Gasteiger charge is -2.11. The second-order valence-electron chi connectivity index (χ2n) is 6.63. The van der Waals surface area contributed by atoms with E-state index in [1.54, 1.807) is 18.2 Å². The highest BCUT2D eigenvalue weighted by Crippen LogP contribution is 2.31. The van der Waals surface area contributed by atoms with Gasteiger partial charge in [0.2, 0.25) is 0 Å². The first-order valence-electron chi connectivity index (χ1n) is 8.58. The molecule has 0 fully saturated rings. The first kappa shape index (κ1) is 17.4. The van der Waals surface area contributed by atoms with Crippen molar-refractivity contribution in [3.05, 3.63) is 63.2 Å². The predicted molar refractivity (Wildman–Crippen MR) is 95.0 cm³/mol. The van der Waals surface area contributed by atoms with Gasteiger partial charge in [0.15, 0.2) is 0 Å². The number of alkyl halides is 3. The standard InChI is InChI=1S/C19H16F3N3O2/c20-19(21,22)11-8-16(18(27)23-9-11)25-17(26)10-5-6-15-13(7-10)12-3-1-2-4-14(12)24-15/h5-9,24H,1-4H2,(H,23,27)(H,25,26). The summed E-state index contributed by atoms with van der Waals surface area (Å²) in [4.78, 5) is 29.6. The Bertz CT molecular complexity index is 1100. The number of pyridine rings is 1. The summed E-state index contributed by atoms with van der Waals surface area (Å²) >= 11 is 0. The Balaban J connectivity index is 1.67. The van der Waals surface area contributed by atoms with E-state index in [4.69, 9.17) is 0 Å². The first-order chi connectivity index (χ1) is 12.8. The molecule has 27 heavy (non-hydrogen) atoms. The van der Waals surface area contributed by atoms with Gasteiger partial charge in [-0.2, -0.15) is 13.2 Å². The monoisotopic (exact) mass is 375 g/mol. The molecule has 0 spiro atoms. The number of carbonyl (C=O) groups excluding carboxylic acids is 1. The maximum atomic E-state index is 12.8. The average Bonchev–Trinajstić information content (AvgIpc) is 3.00. The quantitative estimate of drug-likeness (QED) is 0.633. The van der Waals surface area contributed by atoms with E-state index in [-0.39, 0.29) is 5.56 Å². The van der Waals surface area contributed by atoms with Gasteiger partial charge in [-0.15, -0.1) is 0 Å². The smallest absolute Gasteiger partial charge is 0.358 e. The maximum Gasteiger partial charge on any atom is 0.417 e. The zero-order valence-electron chi connectivity index (χ0n) is 14.2. The van der Waals surface area contributed by atoms with E-state index >= 15 is 0 Å². The van der Waals surface area contributed by atoms with Gasteiger partial charge in [0.25, 0.3) is 11.5 Å². The number of amides is 1. The largest absolute Gasteiger partial charge is 0.417 e. The van der Waals surface area contributed by atoms with Crippen molar-refractivity contribution in [3.8, 4) is 0 Å². The highest BCUT2D eigenvalue weighted by molar-refractivity contribution is 6.06. The third-order valence-electron chi connectivity index (χ3n) is 4.84. The molecule has 1 aliphatic carbocycles. The fourth-order valence-electron chi connectivity index (χ4n) is 3.48. The van der Waals surface area contributed by atoms with Crippen LogP contribution in [0.4, 0.5) is 18.9 Å². The SMILES string of the molecule is O=C(Nc1cc(C(F)(F)F)c[nH]c1=O)c1ccc2[nH]c3c(c2c1)CCCC3. The second kappa shape index (κ2) is 6.29. The van der Waals surface area contributed by atoms with E-state index < -0.39 is 28.9 Å². The topological polar surface area (TPSA) is 77.8 Å². The van der Waals surface area contributed by atoms with Crippen molar-refractivity contribution in [1.82, 2.24) is 9.97 Å². The average molecular weight is 375 g/mol. The molecule has 2 heterocycles. The number of halogens is 3. The Morgan fingerprint density at radius 2 is 1.89 bits per heavy atom. The molecule has 4 rings (SSSR count). The van der Waals surface area contributed by atoms with Crippen LogP contribution in [-0.2, 0) is 19.0 Å². The number of fused-ring (bicyclic) bond motifs is 3. The number of aromatic nitrogens is 2. The van der Waals surface area contributed by atoms with Gasteiger partial charge in [-0.05, 0) is 55.5 Å². The molecule has 1 aliphatic rings. The summed E-state index contributed by atoms with van der Waals surface area (Å²) in [6, 6.07) is 5.71. The van der Waals surface area contributed by atoms with Gasteiger partial charge in [-0.3, -0.25) is 9.59 Å². The summed E-state index contributed by atoms with van der Waals surface area (Å²) in [7, 11) is 0. The summed E-state index contributed by atoms with van der Waals surface area (Å²) < 4.78 is 38.5. The van der Waals surface area contributed by atoms with Gasteiger partial charge in [0.05, 0.1) is 5.56 Å².